The highest BCUT2D eigenvalue weighted by molar-refractivity contribution is 7.12. The fourth-order valence-corrected chi connectivity index (χ4v) is 2.63. The lowest BCUT2D eigenvalue weighted by Crippen LogP contribution is -2.23. The normalized spacial score (nSPS) is 10.5. The molecule has 0 aliphatic carbocycles. The molecule has 3 aromatic rings. The van der Waals surface area contributed by atoms with Gasteiger partial charge in [0.05, 0.1) is 0 Å². The van der Waals surface area contributed by atoms with E-state index in [4.69, 9.17) is 0 Å². The molecular formula is C15H12FN3OS. The van der Waals surface area contributed by atoms with Gasteiger partial charge in [-0.25, -0.2) is 9.37 Å². The van der Waals surface area contributed by atoms with E-state index in [0.717, 1.165) is 5.13 Å². The van der Waals surface area contributed by atoms with Crippen LogP contribution in [0, 0.1) is 5.82 Å². The predicted octanol–water partition coefficient (Wildman–Crippen LogP) is 3.00. The fourth-order valence-electron chi connectivity index (χ4n) is 1.86. The minimum atomic E-state index is -0.330. The standard InChI is InChI=1S/C15H12FN3OS/c16-12-6-2-1-5-11(12)9-17-14(20)13-10-21-15(18-13)19-7-3-4-8-19/h1-8,10H,9H2,(H,17,20). The summed E-state index contributed by atoms with van der Waals surface area (Å²) in [6.07, 6.45) is 3.72. The summed E-state index contributed by atoms with van der Waals surface area (Å²) in [6, 6.07) is 10.1. The fraction of sp³-hybridized carbons (Fsp3) is 0.0667. The van der Waals surface area contributed by atoms with E-state index in [9.17, 15) is 9.18 Å². The third kappa shape index (κ3) is 3.00. The van der Waals surface area contributed by atoms with Crippen LogP contribution in [0.25, 0.3) is 5.13 Å². The zero-order valence-corrected chi connectivity index (χ0v) is 11.8. The predicted molar refractivity (Wildman–Crippen MR) is 79.0 cm³/mol. The van der Waals surface area contributed by atoms with Gasteiger partial charge >= 0.3 is 0 Å². The van der Waals surface area contributed by atoms with Crippen molar-refractivity contribution in [3.63, 3.8) is 0 Å². The van der Waals surface area contributed by atoms with Crippen LogP contribution < -0.4 is 5.32 Å². The van der Waals surface area contributed by atoms with E-state index in [1.807, 2.05) is 29.1 Å². The molecule has 0 saturated heterocycles. The smallest absolute Gasteiger partial charge is 0.271 e. The van der Waals surface area contributed by atoms with Gasteiger partial charge in [-0.2, -0.15) is 0 Å². The number of nitrogens with one attached hydrogen (secondary N) is 1. The first-order valence-corrected chi connectivity index (χ1v) is 7.22. The molecule has 0 saturated carbocycles. The molecule has 2 aromatic heterocycles. The summed E-state index contributed by atoms with van der Waals surface area (Å²) in [7, 11) is 0. The van der Waals surface area contributed by atoms with Crippen molar-refractivity contribution in [2.75, 3.05) is 0 Å². The minimum absolute atomic E-state index is 0.141. The summed E-state index contributed by atoms with van der Waals surface area (Å²) < 4.78 is 15.3. The van der Waals surface area contributed by atoms with Gasteiger partial charge < -0.3 is 9.88 Å². The largest absolute Gasteiger partial charge is 0.346 e. The van der Waals surface area contributed by atoms with E-state index >= 15 is 0 Å². The van der Waals surface area contributed by atoms with Gasteiger partial charge in [-0.1, -0.05) is 18.2 Å². The summed E-state index contributed by atoms with van der Waals surface area (Å²) in [5.41, 5.74) is 0.784. The van der Waals surface area contributed by atoms with Gasteiger partial charge in [-0.05, 0) is 18.2 Å². The molecule has 0 spiro atoms. The van der Waals surface area contributed by atoms with E-state index < -0.39 is 0 Å². The molecular weight excluding hydrogens is 289 g/mol. The van der Waals surface area contributed by atoms with Crippen molar-refractivity contribution >= 4 is 17.2 Å². The highest BCUT2D eigenvalue weighted by Crippen LogP contribution is 2.15. The molecule has 4 nitrogen and oxygen atoms in total. The van der Waals surface area contributed by atoms with Crippen LogP contribution in [-0.4, -0.2) is 15.5 Å². The van der Waals surface area contributed by atoms with Crippen LogP contribution in [0.2, 0.25) is 0 Å². The Morgan fingerprint density at radius 3 is 2.76 bits per heavy atom. The molecule has 0 fully saturated rings. The zero-order valence-electron chi connectivity index (χ0n) is 11.0. The van der Waals surface area contributed by atoms with Crippen LogP contribution in [0.4, 0.5) is 4.39 Å². The van der Waals surface area contributed by atoms with Crippen molar-refractivity contribution in [3.8, 4) is 5.13 Å². The molecule has 6 heteroatoms. The number of rotatable bonds is 4. The van der Waals surface area contributed by atoms with Crippen molar-refractivity contribution in [2.24, 2.45) is 0 Å². The molecule has 0 unspecified atom stereocenters. The van der Waals surface area contributed by atoms with Crippen molar-refractivity contribution in [1.29, 1.82) is 0 Å². The first-order valence-electron chi connectivity index (χ1n) is 6.34. The van der Waals surface area contributed by atoms with Crippen molar-refractivity contribution in [3.05, 3.63) is 71.2 Å². The molecule has 1 aromatic carbocycles. The Hall–Kier alpha value is -2.47. The Kier molecular flexibility index (Phi) is 3.79. The summed E-state index contributed by atoms with van der Waals surface area (Å²) in [5.74, 6) is -0.642. The Morgan fingerprint density at radius 2 is 2.00 bits per heavy atom. The van der Waals surface area contributed by atoms with Gasteiger partial charge in [-0.3, -0.25) is 4.79 Å². The number of carbonyl (C=O) groups excluding carboxylic acids is 1. The Balaban J connectivity index is 1.68. The summed E-state index contributed by atoms with van der Waals surface area (Å²) in [5, 5.41) is 5.08. The molecule has 106 valence electrons. The third-order valence-electron chi connectivity index (χ3n) is 2.95. The average molecular weight is 301 g/mol. The maximum absolute atomic E-state index is 13.5. The second-order valence-electron chi connectivity index (χ2n) is 4.38. The maximum Gasteiger partial charge on any atom is 0.271 e. The average Bonchev–Trinajstić information content (AvgIpc) is 3.16. The quantitative estimate of drug-likeness (QED) is 0.805. The number of hydrogen-bond acceptors (Lipinski definition) is 3. The van der Waals surface area contributed by atoms with Gasteiger partial charge in [-0.15, -0.1) is 11.3 Å². The molecule has 0 aliphatic rings. The Labute approximate surface area is 124 Å². The van der Waals surface area contributed by atoms with Gasteiger partial charge in [0, 0.05) is 29.9 Å². The topological polar surface area (TPSA) is 46.9 Å². The van der Waals surface area contributed by atoms with E-state index in [1.165, 1.54) is 17.4 Å². The van der Waals surface area contributed by atoms with E-state index in [2.05, 4.69) is 10.3 Å². The van der Waals surface area contributed by atoms with Crippen molar-refractivity contribution in [1.82, 2.24) is 14.9 Å². The first-order chi connectivity index (χ1) is 10.2. The van der Waals surface area contributed by atoms with E-state index in [0.29, 0.717) is 11.3 Å². The van der Waals surface area contributed by atoms with E-state index in [1.54, 1.807) is 23.6 Å². The summed E-state index contributed by atoms with van der Waals surface area (Å²) in [4.78, 5) is 16.3. The van der Waals surface area contributed by atoms with Gasteiger partial charge in [0.2, 0.25) is 0 Å². The van der Waals surface area contributed by atoms with Crippen LogP contribution in [0.15, 0.2) is 54.2 Å². The van der Waals surface area contributed by atoms with Crippen LogP contribution >= 0.6 is 11.3 Å². The zero-order chi connectivity index (χ0) is 14.7. The highest BCUT2D eigenvalue weighted by atomic mass is 32.1. The number of hydrogen-bond donors (Lipinski definition) is 1. The highest BCUT2D eigenvalue weighted by Gasteiger charge is 2.11. The number of thiazole rings is 1. The molecule has 0 radical (unpaired) electrons. The van der Waals surface area contributed by atoms with Crippen molar-refractivity contribution in [2.45, 2.75) is 6.54 Å². The minimum Gasteiger partial charge on any atom is -0.346 e. The SMILES string of the molecule is O=C(NCc1ccccc1F)c1csc(-n2cccc2)n1. The molecule has 3 rings (SSSR count). The lowest BCUT2D eigenvalue weighted by atomic mass is 10.2. The lowest BCUT2D eigenvalue weighted by molar-refractivity contribution is 0.0946. The number of carbonyl (C=O) groups is 1. The maximum atomic E-state index is 13.5. The van der Waals surface area contributed by atoms with E-state index in [-0.39, 0.29) is 18.3 Å². The summed E-state index contributed by atoms with van der Waals surface area (Å²) in [6.45, 7) is 0.141. The molecule has 21 heavy (non-hydrogen) atoms. The molecule has 2 heterocycles. The Bertz CT molecular complexity index is 752. The monoisotopic (exact) mass is 301 g/mol. The van der Waals surface area contributed by atoms with Crippen molar-refractivity contribution < 1.29 is 9.18 Å². The van der Waals surface area contributed by atoms with Crippen LogP contribution in [0.3, 0.4) is 0 Å². The number of nitrogens with zero attached hydrogens (tertiary/aromatic N) is 2. The second kappa shape index (κ2) is 5.88. The lowest BCUT2D eigenvalue weighted by Gasteiger charge is -2.04. The Morgan fingerprint density at radius 1 is 1.24 bits per heavy atom. The van der Waals surface area contributed by atoms with Crippen LogP contribution in [-0.2, 0) is 6.54 Å². The van der Waals surface area contributed by atoms with Gasteiger partial charge in [0.25, 0.3) is 5.91 Å². The van der Waals surface area contributed by atoms with Crippen LogP contribution in [0.1, 0.15) is 16.1 Å². The molecule has 1 amide bonds. The summed E-state index contributed by atoms with van der Waals surface area (Å²) >= 11 is 1.38. The first kappa shape index (κ1) is 13.5. The molecule has 0 aliphatic heterocycles. The number of benzene rings is 1. The number of halogens is 1. The van der Waals surface area contributed by atoms with Gasteiger partial charge in [0.15, 0.2) is 5.13 Å². The molecule has 0 atom stereocenters. The van der Waals surface area contributed by atoms with Crippen LogP contribution in [0.5, 0.6) is 0 Å². The number of amides is 1. The second-order valence-corrected chi connectivity index (χ2v) is 5.22. The van der Waals surface area contributed by atoms with Gasteiger partial charge in [0.1, 0.15) is 11.5 Å². The number of aromatic nitrogens is 2. The molecule has 1 N–H and O–H groups in total. The third-order valence-corrected chi connectivity index (χ3v) is 3.80. The molecule has 0 bridgehead atoms.